The van der Waals surface area contributed by atoms with E-state index in [1.807, 2.05) is 60.7 Å². The van der Waals surface area contributed by atoms with Crippen LogP contribution in [0.3, 0.4) is 0 Å². The Morgan fingerprint density at radius 2 is 1.49 bits per heavy atom. The minimum Gasteiger partial charge on any atom is -0.475 e. The monoisotopic (exact) mass is 686 g/mol. The summed E-state index contributed by atoms with van der Waals surface area (Å²) < 4.78 is 50.4. The fourth-order valence-corrected chi connectivity index (χ4v) is 6.11. The number of aliphatic carboxylic acids is 1. The van der Waals surface area contributed by atoms with Crippen molar-refractivity contribution in [2.24, 2.45) is 11.8 Å². The normalized spacial score (nSPS) is 21.3. The van der Waals surface area contributed by atoms with Crippen LogP contribution in [0.15, 0.2) is 84.9 Å². The van der Waals surface area contributed by atoms with Crippen molar-refractivity contribution in [3.63, 3.8) is 0 Å². The number of urea groups is 1. The number of esters is 1. The Morgan fingerprint density at radius 3 is 2.00 bits per heavy atom. The van der Waals surface area contributed by atoms with Crippen molar-refractivity contribution in [1.29, 1.82) is 0 Å². The summed E-state index contributed by atoms with van der Waals surface area (Å²) in [6.07, 6.45) is -4.97. The molecule has 3 aromatic carbocycles. The molecule has 3 aromatic rings. The van der Waals surface area contributed by atoms with Crippen molar-refractivity contribution in [1.82, 2.24) is 15.1 Å². The Balaban J connectivity index is 0.000000698. The fourth-order valence-electron chi connectivity index (χ4n) is 6.11. The van der Waals surface area contributed by atoms with Gasteiger partial charge in [-0.1, -0.05) is 60.7 Å². The number of imide groups is 1. The molecular weight excluding hydrogens is 652 g/mol. The number of hydrogen-bond donors (Lipinski definition) is 3. The van der Waals surface area contributed by atoms with E-state index in [-0.39, 0.29) is 26.1 Å². The van der Waals surface area contributed by atoms with Crippen LogP contribution in [0.25, 0.3) is 0 Å². The molecule has 0 spiro atoms. The highest BCUT2D eigenvalue weighted by atomic mass is 19.4. The van der Waals surface area contributed by atoms with Crippen LogP contribution >= 0.6 is 0 Å². The molecular formula is C34H34F4N4O7. The second kappa shape index (κ2) is 15.3. The van der Waals surface area contributed by atoms with Crippen molar-refractivity contribution < 1.29 is 51.4 Å². The number of carboxylic acids is 1. The number of methoxy groups -OCH3 is 1. The van der Waals surface area contributed by atoms with Gasteiger partial charge in [-0.2, -0.15) is 13.2 Å². The summed E-state index contributed by atoms with van der Waals surface area (Å²) in [6, 6.07) is 22.6. The van der Waals surface area contributed by atoms with E-state index in [0.29, 0.717) is 5.69 Å². The van der Waals surface area contributed by atoms with Crippen molar-refractivity contribution in [3.8, 4) is 0 Å². The first-order valence-electron chi connectivity index (χ1n) is 15.1. The Morgan fingerprint density at radius 1 is 0.939 bits per heavy atom. The lowest BCUT2D eigenvalue weighted by Crippen LogP contribution is -2.60. The molecule has 2 fully saturated rings. The quantitative estimate of drug-likeness (QED) is 0.172. The molecule has 11 nitrogen and oxygen atoms in total. The summed E-state index contributed by atoms with van der Waals surface area (Å²) in [6.45, 7) is 2.18. The number of fused-ring (bicyclic) bond motifs is 1. The minimum atomic E-state index is -5.08. The van der Waals surface area contributed by atoms with Crippen LogP contribution < -0.4 is 10.6 Å². The molecule has 0 radical (unpaired) electrons. The van der Waals surface area contributed by atoms with E-state index in [9.17, 15) is 36.7 Å². The maximum absolute atomic E-state index is 14.1. The average molecular weight is 687 g/mol. The van der Waals surface area contributed by atoms with Gasteiger partial charge in [0, 0.05) is 31.2 Å². The van der Waals surface area contributed by atoms with E-state index in [1.165, 1.54) is 41.2 Å². The van der Waals surface area contributed by atoms with Gasteiger partial charge < -0.3 is 20.1 Å². The summed E-state index contributed by atoms with van der Waals surface area (Å²) in [5.41, 5.74) is 0.449. The number of hydrogen-bond acceptors (Lipinski definition) is 7. The molecule has 2 aliphatic rings. The smallest absolute Gasteiger partial charge is 0.475 e. The van der Waals surface area contributed by atoms with Gasteiger partial charge in [0.15, 0.2) is 0 Å². The standard InChI is InChI=1S/C32H33FN4O5.C2HF3O2/c1-3-36(31(41)34-24-16-14-23(33)15-17-24)20-25-26-27(29(39)37(28(26)38)19-22-12-8-5-9-13-22)32(35-25,30(40)42-2)18-21-10-6-4-7-11-21;3-2(4,5)1(6)7/h4-17,25-27,35H,3,18-20H2,1-2H3,(H,34,41);(H,6,7)/t25-,26+,27-,32-;/m1./s1. The Bertz CT molecular complexity index is 1660. The summed E-state index contributed by atoms with van der Waals surface area (Å²) in [5, 5.41) is 13.2. The molecule has 260 valence electrons. The van der Waals surface area contributed by atoms with Crippen LogP contribution in [-0.4, -0.2) is 82.6 Å². The number of ether oxygens (including phenoxy) is 1. The number of likely N-dealkylation sites (N-methyl/N-ethyl adjacent to an activating group) is 1. The second-order valence-electron chi connectivity index (χ2n) is 11.4. The zero-order valence-corrected chi connectivity index (χ0v) is 26.4. The van der Waals surface area contributed by atoms with Crippen molar-refractivity contribution in [3.05, 3.63) is 102 Å². The molecule has 0 bridgehead atoms. The average Bonchev–Trinajstić information content (AvgIpc) is 3.53. The molecule has 5 rings (SSSR count). The lowest BCUT2D eigenvalue weighted by Gasteiger charge is -2.33. The number of rotatable bonds is 9. The first-order valence-corrected chi connectivity index (χ1v) is 15.1. The first-order chi connectivity index (χ1) is 23.2. The van der Waals surface area contributed by atoms with Crippen molar-refractivity contribution >= 4 is 35.5 Å². The highest BCUT2D eigenvalue weighted by molar-refractivity contribution is 6.09. The van der Waals surface area contributed by atoms with E-state index in [0.717, 1.165) is 11.1 Å². The lowest BCUT2D eigenvalue weighted by atomic mass is 9.76. The van der Waals surface area contributed by atoms with E-state index in [4.69, 9.17) is 14.6 Å². The van der Waals surface area contributed by atoms with Crippen LogP contribution in [-0.2, 0) is 36.9 Å². The summed E-state index contributed by atoms with van der Waals surface area (Å²) >= 11 is 0. The summed E-state index contributed by atoms with van der Waals surface area (Å²) in [5.74, 6) is -6.63. The Hall–Kier alpha value is -5.31. The fraction of sp³-hybridized carbons (Fsp3) is 0.324. The topological polar surface area (TPSA) is 145 Å². The Kier molecular flexibility index (Phi) is 11.4. The second-order valence-corrected chi connectivity index (χ2v) is 11.4. The maximum Gasteiger partial charge on any atom is 0.490 e. The molecule has 3 N–H and O–H groups in total. The number of likely N-dealkylation sites (tertiary alicyclic amines) is 1. The van der Waals surface area contributed by atoms with Crippen molar-refractivity contribution in [2.75, 3.05) is 25.5 Å². The number of carbonyl (C=O) groups excluding carboxylic acids is 4. The van der Waals surface area contributed by atoms with Gasteiger partial charge in [-0.15, -0.1) is 0 Å². The highest BCUT2D eigenvalue weighted by Crippen LogP contribution is 2.46. The number of benzene rings is 3. The first kappa shape index (κ1) is 36.5. The third kappa shape index (κ3) is 8.23. The third-order valence-corrected chi connectivity index (χ3v) is 8.33. The van der Waals surface area contributed by atoms with E-state index in [1.54, 1.807) is 6.92 Å². The molecule has 15 heteroatoms. The van der Waals surface area contributed by atoms with Gasteiger partial charge in [0.2, 0.25) is 11.8 Å². The zero-order valence-electron chi connectivity index (χ0n) is 26.4. The number of nitrogens with zero attached hydrogens (tertiary/aromatic N) is 2. The third-order valence-electron chi connectivity index (χ3n) is 8.33. The van der Waals surface area contributed by atoms with Crippen LogP contribution in [0.1, 0.15) is 18.1 Å². The molecule has 0 aromatic heterocycles. The predicted octanol–water partition coefficient (Wildman–Crippen LogP) is 4.24. The van der Waals surface area contributed by atoms with Gasteiger partial charge in [-0.05, 0) is 42.3 Å². The van der Waals surface area contributed by atoms with Crippen LogP contribution in [0.4, 0.5) is 28.0 Å². The van der Waals surface area contributed by atoms with Gasteiger partial charge in [-0.25, -0.2) is 14.0 Å². The van der Waals surface area contributed by atoms with Gasteiger partial charge in [0.05, 0.1) is 25.5 Å². The predicted molar refractivity (Wildman–Crippen MR) is 167 cm³/mol. The number of amides is 4. The molecule has 2 heterocycles. The number of nitrogens with one attached hydrogen (secondary N) is 2. The molecule has 49 heavy (non-hydrogen) atoms. The van der Waals surface area contributed by atoms with Gasteiger partial charge in [0.25, 0.3) is 0 Å². The van der Waals surface area contributed by atoms with Crippen LogP contribution in [0.5, 0.6) is 0 Å². The molecule has 2 saturated heterocycles. The molecule has 4 atom stereocenters. The van der Waals surface area contributed by atoms with Gasteiger partial charge in [0.1, 0.15) is 11.4 Å². The highest BCUT2D eigenvalue weighted by Gasteiger charge is 2.68. The van der Waals surface area contributed by atoms with E-state index >= 15 is 0 Å². The van der Waals surface area contributed by atoms with Crippen LogP contribution in [0, 0.1) is 17.7 Å². The number of carbonyl (C=O) groups is 5. The summed E-state index contributed by atoms with van der Waals surface area (Å²) in [7, 11) is 1.26. The SMILES string of the molecule is CCN(C[C@H]1N[C@@](Cc2ccccc2)(C(=O)OC)[C@H]2C(=O)N(Cc3ccccc3)C(=O)[C@@H]12)C(=O)Nc1ccc(F)cc1.O=C(O)C(F)(F)F. The maximum atomic E-state index is 14.1. The van der Waals surface area contributed by atoms with Crippen LogP contribution in [0.2, 0.25) is 0 Å². The number of alkyl halides is 3. The molecule has 0 unspecified atom stereocenters. The molecule has 0 aliphatic carbocycles. The lowest BCUT2D eigenvalue weighted by molar-refractivity contribution is -0.192. The van der Waals surface area contributed by atoms with Gasteiger partial charge in [-0.3, -0.25) is 24.6 Å². The number of anilines is 1. The van der Waals surface area contributed by atoms with Crippen molar-refractivity contribution in [2.45, 2.75) is 37.6 Å². The molecule has 4 amide bonds. The molecule has 0 saturated carbocycles. The summed E-state index contributed by atoms with van der Waals surface area (Å²) in [4.78, 5) is 66.5. The molecule has 2 aliphatic heterocycles. The zero-order chi connectivity index (χ0) is 35.9. The largest absolute Gasteiger partial charge is 0.490 e. The Labute approximate surface area is 278 Å². The van der Waals surface area contributed by atoms with E-state index in [2.05, 4.69) is 10.6 Å². The van der Waals surface area contributed by atoms with E-state index < -0.39 is 65.2 Å². The number of halogens is 4. The number of carboxylic acid groups (broad SMARTS) is 1. The minimum absolute atomic E-state index is 0.0381. The van der Waals surface area contributed by atoms with Gasteiger partial charge >= 0.3 is 24.1 Å².